The van der Waals surface area contributed by atoms with Crippen LogP contribution in [-0.4, -0.2) is 49.6 Å². The van der Waals surface area contributed by atoms with Crippen molar-refractivity contribution in [2.45, 2.75) is 19.8 Å². The lowest BCUT2D eigenvalue weighted by molar-refractivity contribution is 0.0951. The van der Waals surface area contributed by atoms with Gasteiger partial charge in [-0.25, -0.2) is 0 Å². The predicted octanol–water partition coefficient (Wildman–Crippen LogP) is 5.24. The maximum Gasteiger partial charge on any atom is 0.291 e. The molecule has 0 bridgehead atoms. The fourth-order valence-corrected chi connectivity index (χ4v) is 5.06. The van der Waals surface area contributed by atoms with E-state index in [1.54, 1.807) is 36.4 Å². The average Bonchev–Trinajstić information content (AvgIpc) is 3.52. The highest BCUT2D eigenvalue weighted by molar-refractivity contribution is 6.05. The standard InChI is InChI=1S/C32H34N4O4/c1-23-8-2-4-11-27(23)35-17-19-36(20-18-35)28-15-14-25(22-26(28)34-32(39)30-13-7-21-40-30)31(38)33-16-6-10-24-9-3-5-12-29(24)37/h2-5,7-9,11-15,21-22,37H,6,10,16-20H2,1H3,(H,33,38)(H,34,39). The van der Waals surface area contributed by atoms with E-state index in [0.29, 0.717) is 30.6 Å². The van der Waals surface area contributed by atoms with E-state index < -0.39 is 0 Å². The molecule has 4 aromatic rings. The van der Waals surface area contributed by atoms with Crippen LogP contribution in [0.2, 0.25) is 0 Å². The summed E-state index contributed by atoms with van der Waals surface area (Å²) in [4.78, 5) is 30.5. The molecule has 8 heteroatoms. The van der Waals surface area contributed by atoms with Crippen molar-refractivity contribution in [2.24, 2.45) is 0 Å². The number of para-hydroxylation sites is 2. The van der Waals surface area contributed by atoms with Crippen LogP contribution in [0.25, 0.3) is 0 Å². The molecule has 0 radical (unpaired) electrons. The smallest absolute Gasteiger partial charge is 0.291 e. The number of nitrogens with one attached hydrogen (secondary N) is 2. The number of phenols is 1. The van der Waals surface area contributed by atoms with Crippen molar-refractivity contribution in [3.05, 3.63) is 108 Å². The van der Waals surface area contributed by atoms with E-state index in [1.165, 1.54) is 17.5 Å². The lowest BCUT2D eigenvalue weighted by Gasteiger charge is -2.38. The van der Waals surface area contributed by atoms with Gasteiger partial charge in [-0.05, 0) is 73.4 Å². The summed E-state index contributed by atoms with van der Waals surface area (Å²) in [5.41, 5.74) is 5.22. The number of piperazine rings is 1. The van der Waals surface area contributed by atoms with Crippen LogP contribution in [0.4, 0.5) is 17.1 Å². The molecule has 0 aliphatic carbocycles. The quantitative estimate of drug-likeness (QED) is 0.252. The molecule has 2 amide bonds. The van der Waals surface area contributed by atoms with Crippen LogP contribution in [-0.2, 0) is 6.42 Å². The lowest BCUT2D eigenvalue weighted by Crippen LogP contribution is -2.47. The molecular formula is C32H34N4O4. The minimum atomic E-state index is -0.370. The Bertz CT molecular complexity index is 1460. The van der Waals surface area contributed by atoms with Gasteiger partial charge in [-0.2, -0.15) is 0 Å². The first-order chi connectivity index (χ1) is 19.5. The molecule has 0 spiro atoms. The molecule has 8 nitrogen and oxygen atoms in total. The number of nitrogens with zero attached hydrogens (tertiary/aromatic N) is 2. The monoisotopic (exact) mass is 538 g/mol. The number of carbonyl (C=O) groups is 2. The first-order valence-corrected chi connectivity index (χ1v) is 13.6. The second-order valence-electron chi connectivity index (χ2n) is 9.91. The molecule has 206 valence electrons. The van der Waals surface area contributed by atoms with Crippen molar-refractivity contribution in [1.82, 2.24) is 5.32 Å². The van der Waals surface area contributed by atoms with E-state index in [-0.39, 0.29) is 23.3 Å². The number of anilines is 3. The number of aryl methyl sites for hydroxylation is 2. The number of rotatable bonds is 9. The summed E-state index contributed by atoms with van der Waals surface area (Å²) in [5, 5.41) is 15.9. The molecule has 0 atom stereocenters. The van der Waals surface area contributed by atoms with Gasteiger partial charge >= 0.3 is 0 Å². The number of carbonyl (C=O) groups excluding carboxylic acids is 2. The summed E-state index contributed by atoms with van der Waals surface area (Å²) in [7, 11) is 0. The maximum absolute atomic E-state index is 13.0. The number of hydrogen-bond donors (Lipinski definition) is 3. The number of phenolic OH excluding ortho intramolecular Hbond substituents is 1. The topological polar surface area (TPSA) is 98.0 Å². The van der Waals surface area contributed by atoms with E-state index in [0.717, 1.165) is 37.4 Å². The number of furan rings is 1. The van der Waals surface area contributed by atoms with Crippen LogP contribution in [0.5, 0.6) is 5.75 Å². The largest absolute Gasteiger partial charge is 0.508 e. The normalized spacial score (nSPS) is 13.2. The molecule has 3 N–H and O–H groups in total. The van der Waals surface area contributed by atoms with Crippen molar-refractivity contribution in [3.63, 3.8) is 0 Å². The van der Waals surface area contributed by atoms with Gasteiger partial charge in [-0.1, -0.05) is 36.4 Å². The fourth-order valence-electron chi connectivity index (χ4n) is 5.06. The summed E-state index contributed by atoms with van der Waals surface area (Å²) in [5.74, 6) is -0.123. The molecule has 1 aliphatic heterocycles. The number of benzene rings is 3. The van der Waals surface area contributed by atoms with Gasteiger partial charge in [-0.3, -0.25) is 9.59 Å². The van der Waals surface area contributed by atoms with Crippen molar-refractivity contribution in [1.29, 1.82) is 0 Å². The van der Waals surface area contributed by atoms with E-state index >= 15 is 0 Å². The molecule has 2 heterocycles. The summed E-state index contributed by atoms with van der Waals surface area (Å²) in [6, 6.07) is 24.3. The maximum atomic E-state index is 13.0. The van der Waals surface area contributed by atoms with E-state index in [9.17, 15) is 14.7 Å². The zero-order chi connectivity index (χ0) is 27.9. The second-order valence-corrected chi connectivity index (χ2v) is 9.91. The van der Waals surface area contributed by atoms with Crippen LogP contribution in [0.1, 0.15) is 38.5 Å². The summed E-state index contributed by atoms with van der Waals surface area (Å²) in [6.07, 6.45) is 2.80. The minimum Gasteiger partial charge on any atom is -0.508 e. The van der Waals surface area contributed by atoms with Gasteiger partial charge in [0.25, 0.3) is 11.8 Å². The molecule has 0 unspecified atom stereocenters. The first-order valence-electron chi connectivity index (χ1n) is 13.6. The molecule has 3 aromatic carbocycles. The molecule has 1 saturated heterocycles. The van der Waals surface area contributed by atoms with Gasteiger partial charge in [-0.15, -0.1) is 0 Å². The van der Waals surface area contributed by atoms with E-state index in [2.05, 4.69) is 51.6 Å². The Morgan fingerprint density at radius 3 is 2.30 bits per heavy atom. The van der Waals surface area contributed by atoms with E-state index in [1.807, 2.05) is 18.2 Å². The van der Waals surface area contributed by atoms with Crippen LogP contribution in [0, 0.1) is 6.92 Å². The molecule has 0 saturated carbocycles. The highest BCUT2D eigenvalue weighted by Crippen LogP contribution is 2.30. The Hall–Kier alpha value is -4.72. The molecule has 5 rings (SSSR count). The van der Waals surface area contributed by atoms with Crippen molar-refractivity contribution in [3.8, 4) is 5.75 Å². The summed E-state index contributed by atoms with van der Waals surface area (Å²) < 4.78 is 5.29. The Morgan fingerprint density at radius 2 is 1.57 bits per heavy atom. The van der Waals surface area contributed by atoms with Crippen LogP contribution >= 0.6 is 0 Å². The van der Waals surface area contributed by atoms with Gasteiger partial charge in [0.2, 0.25) is 0 Å². The molecule has 40 heavy (non-hydrogen) atoms. The third-order valence-electron chi connectivity index (χ3n) is 7.23. The van der Waals surface area contributed by atoms with Gasteiger partial charge in [0.1, 0.15) is 5.75 Å². The molecule has 1 aromatic heterocycles. The highest BCUT2D eigenvalue weighted by Gasteiger charge is 2.23. The van der Waals surface area contributed by atoms with Gasteiger partial charge in [0.05, 0.1) is 17.6 Å². The molecule has 1 fully saturated rings. The number of aromatic hydroxyl groups is 1. The van der Waals surface area contributed by atoms with Crippen LogP contribution < -0.4 is 20.4 Å². The second kappa shape index (κ2) is 12.4. The fraction of sp³-hybridized carbons (Fsp3) is 0.250. The summed E-state index contributed by atoms with van der Waals surface area (Å²) in [6.45, 7) is 5.82. The molecular weight excluding hydrogens is 504 g/mol. The van der Waals surface area contributed by atoms with E-state index in [4.69, 9.17) is 4.42 Å². The minimum absolute atomic E-state index is 0.203. The predicted molar refractivity (Wildman–Crippen MR) is 157 cm³/mol. The third kappa shape index (κ3) is 6.29. The van der Waals surface area contributed by atoms with Crippen molar-refractivity contribution >= 4 is 28.9 Å². The van der Waals surface area contributed by atoms with Crippen molar-refractivity contribution in [2.75, 3.05) is 47.8 Å². The summed E-state index contributed by atoms with van der Waals surface area (Å²) >= 11 is 0. The zero-order valence-electron chi connectivity index (χ0n) is 22.6. The zero-order valence-corrected chi connectivity index (χ0v) is 22.6. The third-order valence-corrected chi connectivity index (χ3v) is 7.23. The lowest BCUT2D eigenvalue weighted by atomic mass is 10.1. The number of hydrogen-bond acceptors (Lipinski definition) is 6. The van der Waals surface area contributed by atoms with Crippen LogP contribution in [0.15, 0.2) is 89.5 Å². The Labute approximate surface area is 234 Å². The van der Waals surface area contributed by atoms with Gasteiger partial charge in [0.15, 0.2) is 5.76 Å². The van der Waals surface area contributed by atoms with Crippen LogP contribution in [0.3, 0.4) is 0 Å². The van der Waals surface area contributed by atoms with Gasteiger partial charge < -0.3 is 30.0 Å². The highest BCUT2D eigenvalue weighted by atomic mass is 16.3. The van der Waals surface area contributed by atoms with Crippen molar-refractivity contribution < 1.29 is 19.1 Å². The van der Waals surface area contributed by atoms with Gasteiger partial charge in [0, 0.05) is 44.0 Å². The SMILES string of the molecule is Cc1ccccc1N1CCN(c2ccc(C(=O)NCCCc3ccccc3O)cc2NC(=O)c2ccco2)CC1. The number of amides is 2. The Kier molecular flexibility index (Phi) is 8.35. The average molecular weight is 539 g/mol. The first kappa shape index (κ1) is 26.9. The Balaban J connectivity index is 1.28. The Morgan fingerprint density at radius 1 is 0.850 bits per heavy atom. The molecule has 1 aliphatic rings.